The Hall–Kier alpha value is -0.920. The summed E-state index contributed by atoms with van der Waals surface area (Å²) in [4.78, 5) is 0. The van der Waals surface area contributed by atoms with E-state index in [2.05, 4.69) is 19.7 Å². The fourth-order valence-electron chi connectivity index (χ4n) is 1.44. The minimum atomic E-state index is -3.21. The van der Waals surface area contributed by atoms with E-state index in [4.69, 9.17) is 0 Å². The molecule has 6 nitrogen and oxygen atoms in total. The average Bonchev–Trinajstić information content (AvgIpc) is 2.96. The minimum Gasteiger partial charge on any atom is -0.364 e. The van der Waals surface area contributed by atoms with E-state index < -0.39 is 10.0 Å². The highest BCUT2D eigenvalue weighted by Gasteiger charge is 2.20. The van der Waals surface area contributed by atoms with Gasteiger partial charge in [-0.15, -0.1) is 0 Å². The minimum absolute atomic E-state index is 0.143. The first-order valence-electron chi connectivity index (χ1n) is 5.76. The summed E-state index contributed by atoms with van der Waals surface area (Å²) in [6.45, 7) is 0.949. The van der Waals surface area contributed by atoms with Crippen LogP contribution in [0.15, 0.2) is 16.9 Å². The zero-order valence-corrected chi connectivity index (χ0v) is 10.4. The van der Waals surface area contributed by atoms with Gasteiger partial charge in [-0.25, -0.2) is 13.1 Å². The fourth-order valence-corrected chi connectivity index (χ4v) is 2.48. The maximum atomic E-state index is 11.6. The van der Waals surface area contributed by atoms with Gasteiger partial charge in [0.1, 0.15) is 6.26 Å². The van der Waals surface area contributed by atoms with Crippen LogP contribution in [0, 0.1) is 0 Å². The van der Waals surface area contributed by atoms with E-state index in [-0.39, 0.29) is 12.3 Å². The van der Waals surface area contributed by atoms with Crippen molar-refractivity contribution in [1.82, 2.24) is 15.2 Å². The molecule has 0 amide bonds. The first-order chi connectivity index (χ1) is 8.16. The number of hydrogen-bond acceptors (Lipinski definition) is 5. The first kappa shape index (κ1) is 12.5. The normalized spacial score (nSPS) is 16.2. The Morgan fingerprint density at radius 1 is 1.47 bits per heavy atom. The SMILES string of the molecule is O=S(=O)(CCCNC1CC1)NCc1ccon1. The lowest BCUT2D eigenvalue weighted by Gasteiger charge is -2.05. The van der Waals surface area contributed by atoms with E-state index in [1.807, 2.05) is 0 Å². The number of sulfonamides is 1. The molecule has 0 saturated heterocycles. The zero-order chi connectivity index (χ0) is 12.1. The number of hydrogen-bond donors (Lipinski definition) is 2. The van der Waals surface area contributed by atoms with Crippen LogP contribution in [0.2, 0.25) is 0 Å². The Balaban J connectivity index is 1.63. The summed E-state index contributed by atoms with van der Waals surface area (Å²) in [5, 5.41) is 6.91. The number of aromatic nitrogens is 1. The molecule has 1 heterocycles. The molecule has 2 N–H and O–H groups in total. The maximum absolute atomic E-state index is 11.6. The van der Waals surface area contributed by atoms with Crippen LogP contribution in [0.3, 0.4) is 0 Å². The predicted molar refractivity (Wildman–Crippen MR) is 62.8 cm³/mol. The molecule has 0 spiro atoms. The second kappa shape index (κ2) is 5.61. The molecule has 2 rings (SSSR count). The molecule has 1 aromatic heterocycles. The molecule has 0 bridgehead atoms. The summed E-state index contributed by atoms with van der Waals surface area (Å²) in [5.74, 6) is 0.143. The quantitative estimate of drug-likeness (QED) is 0.653. The Labute approximate surface area is 101 Å². The monoisotopic (exact) mass is 259 g/mol. The van der Waals surface area contributed by atoms with Crippen molar-refractivity contribution in [3.05, 3.63) is 18.0 Å². The third-order valence-electron chi connectivity index (χ3n) is 2.56. The summed E-state index contributed by atoms with van der Waals surface area (Å²) in [7, 11) is -3.21. The van der Waals surface area contributed by atoms with E-state index in [1.165, 1.54) is 19.1 Å². The molecule has 1 saturated carbocycles. The van der Waals surface area contributed by atoms with Crippen LogP contribution in [0.1, 0.15) is 25.0 Å². The molecule has 0 unspecified atom stereocenters. The van der Waals surface area contributed by atoms with Gasteiger partial charge in [-0.1, -0.05) is 5.16 Å². The maximum Gasteiger partial charge on any atom is 0.212 e. The summed E-state index contributed by atoms with van der Waals surface area (Å²) in [6, 6.07) is 2.26. The molecule has 1 aromatic rings. The van der Waals surface area contributed by atoms with Crippen molar-refractivity contribution in [3.63, 3.8) is 0 Å². The van der Waals surface area contributed by atoms with E-state index in [9.17, 15) is 8.42 Å². The standard InChI is InChI=1S/C10H17N3O3S/c14-17(15,7-1-5-11-9-2-3-9)12-8-10-4-6-16-13-10/h4,6,9,11-12H,1-3,5,7-8H2. The smallest absolute Gasteiger partial charge is 0.212 e. The van der Waals surface area contributed by atoms with Crippen molar-refractivity contribution in [2.24, 2.45) is 0 Å². The molecular formula is C10H17N3O3S. The molecule has 0 aromatic carbocycles. The number of nitrogens with one attached hydrogen (secondary N) is 2. The summed E-state index contributed by atoms with van der Waals surface area (Å²) in [5.41, 5.74) is 0.588. The van der Waals surface area contributed by atoms with Gasteiger partial charge >= 0.3 is 0 Å². The number of rotatable bonds is 8. The molecule has 7 heteroatoms. The highest BCUT2D eigenvalue weighted by atomic mass is 32.2. The average molecular weight is 259 g/mol. The van der Waals surface area contributed by atoms with Gasteiger partial charge in [-0.2, -0.15) is 0 Å². The summed E-state index contributed by atoms with van der Waals surface area (Å²) in [6.07, 6.45) is 4.49. The number of nitrogens with zero attached hydrogens (tertiary/aromatic N) is 1. The second-order valence-electron chi connectivity index (χ2n) is 4.21. The van der Waals surface area contributed by atoms with Crippen LogP contribution in [0.4, 0.5) is 0 Å². The molecule has 1 aliphatic rings. The Morgan fingerprint density at radius 2 is 2.29 bits per heavy atom. The van der Waals surface area contributed by atoms with Crippen molar-refractivity contribution in [2.45, 2.75) is 31.8 Å². The molecule has 0 atom stereocenters. The van der Waals surface area contributed by atoms with Crippen LogP contribution in [0.25, 0.3) is 0 Å². The Kier molecular flexibility index (Phi) is 4.14. The lowest BCUT2D eigenvalue weighted by Crippen LogP contribution is -2.28. The predicted octanol–water partition coefficient (Wildman–Crippen LogP) is 0.236. The molecule has 17 heavy (non-hydrogen) atoms. The second-order valence-corrected chi connectivity index (χ2v) is 6.14. The molecule has 0 aliphatic heterocycles. The van der Waals surface area contributed by atoms with Gasteiger partial charge in [0.2, 0.25) is 10.0 Å². The summed E-state index contributed by atoms with van der Waals surface area (Å²) >= 11 is 0. The Morgan fingerprint density at radius 3 is 2.94 bits per heavy atom. The van der Waals surface area contributed by atoms with Gasteiger partial charge in [0.15, 0.2) is 0 Å². The van der Waals surface area contributed by atoms with Gasteiger partial charge in [0.25, 0.3) is 0 Å². The largest absolute Gasteiger partial charge is 0.364 e. The van der Waals surface area contributed by atoms with Gasteiger partial charge in [0, 0.05) is 12.1 Å². The van der Waals surface area contributed by atoms with Gasteiger partial charge in [-0.05, 0) is 25.8 Å². The fraction of sp³-hybridized carbons (Fsp3) is 0.700. The van der Waals surface area contributed by atoms with Crippen LogP contribution >= 0.6 is 0 Å². The van der Waals surface area contributed by atoms with E-state index in [0.717, 1.165) is 6.54 Å². The van der Waals surface area contributed by atoms with Crippen molar-refractivity contribution in [1.29, 1.82) is 0 Å². The van der Waals surface area contributed by atoms with Crippen LogP contribution in [0.5, 0.6) is 0 Å². The van der Waals surface area contributed by atoms with Gasteiger partial charge < -0.3 is 9.84 Å². The third-order valence-corrected chi connectivity index (χ3v) is 3.97. The molecular weight excluding hydrogens is 242 g/mol. The topological polar surface area (TPSA) is 84.2 Å². The van der Waals surface area contributed by atoms with E-state index in [0.29, 0.717) is 18.2 Å². The first-order valence-corrected chi connectivity index (χ1v) is 7.41. The van der Waals surface area contributed by atoms with E-state index in [1.54, 1.807) is 6.07 Å². The molecule has 0 radical (unpaired) electrons. The van der Waals surface area contributed by atoms with Gasteiger partial charge in [-0.3, -0.25) is 0 Å². The lowest BCUT2D eigenvalue weighted by atomic mass is 10.4. The third kappa shape index (κ3) is 4.84. The Bertz CT molecular complexity index is 426. The molecule has 1 fully saturated rings. The molecule has 96 valence electrons. The van der Waals surface area contributed by atoms with Crippen LogP contribution in [-0.2, 0) is 16.6 Å². The van der Waals surface area contributed by atoms with E-state index >= 15 is 0 Å². The highest BCUT2D eigenvalue weighted by molar-refractivity contribution is 7.89. The van der Waals surface area contributed by atoms with Crippen molar-refractivity contribution in [2.75, 3.05) is 12.3 Å². The van der Waals surface area contributed by atoms with Crippen molar-refractivity contribution in [3.8, 4) is 0 Å². The highest BCUT2D eigenvalue weighted by Crippen LogP contribution is 2.18. The summed E-state index contributed by atoms with van der Waals surface area (Å²) < 4.78 is 30.3. The molecule has 1 aliphatic carbocycles. The lowest BCUT2D eigenvalue weighted by molar-refractivity contribution is 0.411. The van der Waals surface area contributed by atoms with Crippen molar-refractivity contribution < 1.29 is 12.9 Å². The van der Waals surface area contributed by atoms with Gasteiger partial charge in [0.05, 0.1) is 18.0 Å². The van der Waals surface area contributed by atoms with Crippen LogP contribution < -0.4 is 10.0 Å². The van der Waals surface area contributed by atoms with Crippen LogP contribution in [-0.4, -0.2) is 31.9 Å². The van der Waals surface area contributed by atoms with Crippen molar-refractivity contribution >= 4 is 10.0 Å². The zero-order valence-electron chi connectivity index (χ0n) is 9.55.